The van der Waals surface area contributed by atoms with Crippen LogP contribution in [-0.2, 0) is 26.4 Å². The molecule has 0 bridgehead atoms. The smallest absolute Gasteiger partial charge is 0.317 e. The minimum atomic E-state index is 0.0206. The fourth-order valence-corrected chi connectivity index (χ4v) is 5.02. The molecule has 0 spiro atoms. The van der Waals surface area contributed by atoms with Gasteiger partial charge in [-0.25, -0.2) is 14.8 Å². The molecule has 1 atom stereocenters. The Kier molecular flexibility index (Phi) is 4.74. The van der Waals surface area contributed by atoms with E-state index in [4.69, 9.17) is 4.98 Å². The first kappa shape index (κ1) is 16.6. The Bertz CT molecular complexity index is 729. The molecule has 2 aromatic heterocycles. The van der Waals surface area contributed by atoms with Crippen molar-refractivity contribution in [1.29, 1.82) is 0 Å². The van der Waals surface area contributed by atoms with Gasteiger partial charge >= 0.3 is 6.03 Å². The summed E-state index contributed by atoms with van der Waals surface area (Å²) in [6.07, 6.45) is 10.6. The largest absolute Gasteiger partial charge is 0.336 e. The van der Waals surface area contributed by atoms with Crippen molar-refractivity contribution in [1.82, 2.24) is 24.8 Å². The normalized spacial score (nSPS) is 20.4. The predicted molar refractivity (Wildman–Crippen MR) is 97.7 cm³/mol. The van der Waals surface area contributed by atoms with Gasteiger partial charge in [0.15, 0.2) is 0 Å². The Balaban J connectivity index is 1.38. The van der Waals surface area contributed by atoms with Crippen LogP contribution in [0.15, 0.2) is 12.5 Å². The number of piperidine rings is 1. The zero-order chi connectivity index (χ0) is 17.2. The van der Waals surface area contributed by atoms with Gasteiger partial charge in [-0.1, -0.05) is 0 Å². The number of thiazole rings is 1. The molecule has 6 nitrogen and oxygen atoms in total. The second-order valence-electron chi connectivity index (χ2n) is 7.07. The summed E-state index contributed by atoms with van der Waals surface area (Å²) in [6.45, 7) is 2.13. The molecule has 0 aromatic carbocycles. The average molecular weight is 359 g/mol. The standard InChI is InChI=1S/C18H25N5OS/c1-22-12-19-9-14(22)10-20-18(24)23-8-4-5-13(11-23)17-21-15-6-2-3-7-16(15)25-17/h9,12-13H,2-8,10-11H2,1H3,(H,20,24). The summed E-state index contributed by atoms with van der Waals surface area (Å²) in [6, 6.07) is 0.0206. The first-order valence-corrected chi connectivity index (χ1v) is 9.99. The number of aromatic nitrogens is 3. The molecular weight excluding hydrogens is 334 g/mol. The minimum Gasteiger partial charge on any atom is -0.336 e. The van der Waals surface area contributed by atoms with Crippen LogP contribution in [0.4, 0.5) is 4.79 Å². The van der Waals surface area contributed by atoms with Crippen LogP contribution < -0.4 is 5.32 Å². The van der Waals surface area contributed by atoms with E-state index in [9.17, 15) is 4.79 Å². The first-order valence-electron chi connectivity index (χ1n) is 9.17. The highest BCUT2D eigenvalue weighted by Crippen LogP contribution is 2.34. The molecule has 1 saturated heterocycles. The SMILES string of the molecule is Cn1cncc1CNC(=O)N1CCCC(c2nc3c(s2)CCCC3)C1. The van der Waals surface area contributed by atoms with Crippen molar-refractivity contribution in [2.24, 2.45) is 7.05 Å². The lowest BCUT2D eigenvalue weighted by atomic mass is 9.98. The van der Waals surface area contributed by atoms with Crippen molar-refractivity contribution >= 4 is 17.4 Å². The molecule has 3 heterocycles. The third kappa shape index (κ3) is 3.56. The highest BCUT2D eigenvalue weighted by atomic mass is 32.1. The van der Waals surface area contributed by atoms with Gasteiger partial charge in [0.05, 0.1) is 29.3 Å². The second kappa shape index (κ2) is 7.15. The second-order valence-corrected chi connectivity index (χ2v) is 8.18. The van der Waals surface area contributed by atoms with E-state index in [2.05, 4.69) is 10.3 Å². The van der Waals surface area contributed by atoms with Gasteiger partial charge in [-0.2, -0.15) is 0 Å². The maximum Gasteiger partial charge on any atom is 0.317 e. The molecule has 2 aliphatic rings. The zero-order valence-corrected chi connectivity index (χ0v) is 15.5. The van der Waals surface area contributed by atoms with Crippen molar-refractivity contribution in [3.05, 3.63) is 33.8 Å². The number of hydrogen-bond donors (Lipinski definition) is 1. The molecule has 1 N–H and O–H groups in total. The van der Waals surface area contributed by atoms with Gasteiger partial charge in [0.1, 0.15) is 0 Å². The van der Waals surface area contributed by atoms with E-state index in [0.29, 0.717) is 12.5 Å². The first-order chi connectivity index (χ1) is 12.2. The number of imidazole rings is 1. The summed E-state index contributed by atoms with van der Waals surface area (Å²) >= 11 is 1.89. The van der Waals surface area contributed by atoms with Gasteiger partial charge in [0.25, 0.3) is 0 Å². The van der Waals surface area contributed by atoms with Gasteiger partial charge in [-0.3, -0.25) is 0 Å². The Morgan fingerprint density at radius 2 is 2.24 bits per heavy atom. The number of urea groups is 1. The van der Waals surface area contributed by atoms with Gasteiger partial charge in [-0.05, 0) is 38.5 Å². The van der Waals surface area contributed by atoms with Crippen molar-refractivity contribution in [2.75, 3.05) is 13.1 Å². The lowest BCUT2D eigenvalue weighted by molar-refractivity contribution is 0.179. The molecule has 7 heteroatoms. The number of carbonyl (C=O) groups excluding carboxylic acids is 1. The van der Waals surface area contributed by atoms with Crippen LogP contribution in [0.5, 0.6) is 0 Å². The van der Waals surface area contributed by atoms with Gasteiger partial charge in [0.2, 0.25) is 0 Å². The van der Waals surface area contributed by atoms with E-state index >= 15 is 0 Å². The highest BCUT2D eigenvalue weighted by Gasteiger charge is 2.28. The summed E-state index contributed by atoms with van der Waals surface area (Å²) in [5, 5.41) is 4.27. The van der Waals surface area contributed by atoms with Crippen LogP contribution in [0.25, 0.3) is 0 Å². The molecule has 4 rings (SSSR count). The van der Waals surface area contributed by atoms with E-state index < -0.39 is 0 Å². The number of nitrogens with one attached hydrogen (secondary N) is 1. The Morgan fingerprint density at radius 1 is 1.36 bits per heavy atom. The van der Waals surface area contributed by atoms with Crippen LogP contribution in [0, 0.1) is 0 Å². The Hall–Kier alpha value is -1.89. The Labute approximate surface area is 152 Å². The van der Waals surface area contributed by atoms with Crippen LogP contribution in [0.1, 0.15) is 52.9 Å². The fourth-order valence-electron chi connectivity index (χ4n) is 3.74. The van der Waals surface area contributed by atoms with E-state index in [1.807, 2.05) is 27.9 Å². The predicted octanol–water partition coefficient (Wildman–Crippen LogP) is 2.84. The third-order valence-corrected chi connectivity index (χ3v) is 6.58. The van der Waals surface area contributed by atoms with Crippen LogP contribution in [0.3, 0.4) is 0 Å². The van der Waals surface area contributed by atoms with Crippen molar-refractivity contribution in [3.63, 3.8) is 0 Å². The van der Waals surface area contributed by atoms with Gasteiger partial charge in [0, 0.05) is 37.1 Å². The monoisotopic (exact) mass is 359 g/mol. The number of carbonyl (C=O) groups is 1. The van der Waals surface area contributed by atoms with Crippen LogP contribution in [-0.4, -0.2) is 38.6 Å². The maximum absolute atomic E-state index is 12.5. The van der Waals surface area contributed by atoms with E-state index in [-0.39, 0.29) is 6.03 Å². The lowest BCUT2D eigenvalue weighted by Gasteiger charge is -2.31. The summed E-state index contributed by atoms with van der Waals surface area (Å²) in [5.41, 5.74) is 2.33. The molecule has 25 heavy (non-hydrogen) atoms. The van der Waals surface area contributed by atoms with Gasteiger partial charge in [-0.15, -0.1) is 11.3 Å². The number of aryl methyl sites for hydroxylation is 3. The number of likely N-dealkylation sites (tertiary alicyclic amines) is 1. The van der Waals surface area contributed by atoms with Gasteiger partial charge < -0.3 is 14.8 Å². The van der Waals surface area contributed by atoms with Crippen LogP contribution >= 0.6 is 11.3 Å². The minimum absolute atomic E-state index is 0.0206. The molecule has 2 aromatic rings. The Morgan fingerprint density at radius 3 is 3.04 bits per heavy atom. The highest BCUT2D eigenvalue weighted by molar-refractivity contribution is 7.11. The summed E-state index contributed by atoms with van der Waals surface area (Å²) < 4.78 is 1.93. The average Bonchev–Trinajstić information content (AvgIpc) is 3.25. The molecule has 1 aliphatic heterocycles. The summed E-state index contributed by atoms with van der Waals surface area (Å²) in [7, 11) is 1.94. The molecule has 134 valence electrons. The molecule has 1 aliphatic carbocycles. The summed E-state index contributed by atoms with van der Waals surface area (Å²) in [4.78, 5) is 25.0. The third-order valence-electron chi connectivity index (χ3n) is 5.26. The number of hydrogen-bond acceptors (Lipinski definition) is 4. The maximum atomic E-state index is 12.5. The molecule has 1 fully saturated rings. The lowest BCUT2D eigenvalue weighted by Crippen LogP contribution is -2.44. The van der Waals surface area contributed by atoms with Crippen LogP contribution in [0.2, 0.25) is 0 Å². The van der Waals surface area contributed by atoms with E-state index in [0.717, 1.165) is 38.0 Å². The zero-order valence-electron chi connectivity index (χ0n) is 14.7. The fraction of sp³-hybridized carbons (Fsp3) is 0.611. The molecule has 2 amide bonds. The molecule has 0 saturated carbocycles. The van der Waals surface area contributed by atoms with Crippen molar-refractivity contribution in [3.8, 4) is 0 Å². The quantitative estimate of drug-likeness (QED) is 0.916. The van der Waals surface area contributed by atoms with Crippen molar-refractivity contribution < 1.29 is 4.79 Å². The summed E-state index contributed by atoms with van der Waals surface area (Å²) in [5.74, 6) is 0.395. The molecular formula is C18H25N5OS. The number of amides is 2. The number of nitrogens with zero attached hydrogens (tertiary/aromatic N) is 4. The van der Waals surface area contributed by atoms with E-state index in [1.165, 1.54) is 34.8 Å². The van der Waals surface area contributed by atoms with Crippen molar-refractivity contribution in [2.45, 2.75) is 51.0 Å². The molecule has 1 unspecified atom stereocenters. The number of fused-ring (bicyclic) bond motifs is 1. The topological polar surface area (TPSA) is 63.1 Å². The van der Waals surface area contributed by atoms with E-state index in [1.54, 1.807) is 12.5 Å². The number of rotatable bonds is 3. The molecule has 0 radical (unpaired) electrons.